The zero-order chi connectivity index (χ0) is 28.7. The summed E-state index contributed by atoms with van der Waals surface area (Å²) < 4.78 is 5.35. The number of benzene rings is 1. The summed E-state index contributed by atoms with van der Waals surface area (Å²) in [5.74, 6) is -1.33. The van der Waals surface area contributed by atoms with E-state index in [2.05, 4.69) is 33.9 Å². The van der Waals surface area contributed by atoms with Crippen molar-refractivity contribution in [3.8, 4) is 0 Å². The molecule has 4 amide bonds. The summed E-state index contributed by atoms with van der Waals surface area (Å²) in [6.45, 7) is 11.2. The Morgan fingerprint density at radius 1 is 1.05 bits per heavy atom. The number of rotatable bonds is 10. The Morgan fingerprint density at radius 2 is 1.68 bits per heavy atom. The number of amides is 4. The Kier molecular flexibility index (Phi) is 11.0. The van der Waals surface area contributed by atoms with E-state index in [0.29, 0.717) is 19.4 Å². The molecule has 0 bridgehead atoms. The maximum absolute atomic E-state index is 13.5. The summed E-state index contributed by atoms with van der Waals surface area (Å²) >= 11 is 4.33. The number of carbonyl (C=O) groups excluding carboxylic acids is 4. The van der Waals surface area contributed by atoms with Gasteiger partial charge < -0.3 is 31.7 Å². The van der Waals surface area contributed by atoms with Gasteiger partial charge in [-0.3, -0.25) is 14.4 Å². The number of hydrogen-bond acceptors (Lipinski definition) is 7. The monoisotopic (exact) mass is 549 g/mol. The lowest BCUT2D eigenvalue weighted by atomic mass is 9.86. The average molecular weight is 550 g/mol. The van der Waals surface area contributed by atoms with Gasteiger partial charge in [-0.2, -0.15) is 12.6 Å². The summed E-state index contributed by atoms with van der Waals surface area (Å²) in [5.41, 5.74) is 5.46. The highest BCUT2D eigenvalue weighted by Crippen LogP contribution is 2.21. The largest absolute Gasteiger partial charge is 0.444 e. The van der Waals surface area contributed by atoms with Gasteiger partial charge in [0.2, 0.25) is 17.7 Å². The second-order valence-corrected chi connectivity index (χ2v) is 12.4. The van der Waals surface area contributed by atoms with Crippen molar-refractivity contribution >= 4 is 36.4 Å². The molecule has 1 saturated heterocycles. The molecule has 0 radical (unpaired) electrons. The van der Waals surface area contributed by atoms with Crippen LogP contribution in [-0.4, -0.2) is 59.5 Å². The number of alkyl carbamates (subject to hydrolysis) is 1. The van der Waals surface area contributed by atoms with Crippen LogP contribution in [0.4, 0.5) is 4.79 Å². The lowest BCUT2D eigenvalue weighted by molar-refractivity contribution is -0.132. The smallest absolute Gasteiger partial charge is 0.408 e. The number of ether oxygens (including phenoxy) is 1. The van der Waals surface area contributed by atoms with Gasteiger partial charge in [-0.25, -0.2) is 4.79 Å². The Balaban J connectivity index is 2.24. The van der Waals surface area contributed by atoms with E-state index < -0.39 is 52.4 Å². The van der Waals surface area contributed by atoms with Gasteiger partial charge >= 0.3 is 6.09 Å². The van der Waals surface area contributed by atoms with Crippen molar-refractivity contribution in [2.24, 2.45) is 17.1 Å². The number of hydrogen-bond donors (Lipinski definition) is 6. The molecule has 1 fully saturated rings. The van der Waals surface area contributed by atoms with Gasteiger partial charge in [-0.15, -0.1) is 0 Å². The van der Waals surface area contributed by atoms with Gasteiger partial charge in [0.15, 0.2) is 0 Å². The molecule has 11 heteroatoms. The summed E-state index contributed by atoms with van der Waals surface area (Å²) in [6.07, 6.45) is 0.464. The van der Waals surface area contributed by atoms with Crippen molar-refractivity contribution in [2.45, 2.75) is 89.9 Å². The molecule has 1 heterocycles. The Bertz CT molecular complexity index is 974. The van der Waals surface area contributed by atoms with E-state index in [4.69, 9.17) is 10.5 Å². The fraction of sp³-hybridized carbons (Fsp3) is 0.630. The topological polar surface area (TPSA) is 152 Å². The molecule has 0 spiro atoms. The average Bonchev–Trinajstić information content (AvgIpc) is 3.19. The SMILES string of the molecule is CC(C)(C)OC(=O)N[C@H](C(=O)N[C@@H](Cc1ccccc1)C(=O)N[C@@H](C[C@@H]1CCNC1=O)[C@@H](N)S)C(C)(C)C. The first-order chi connectivity index (χ1) is 17.6. The zero-order valence-corrected chi connectivity index (χ0v) is 24.1. The molecule has 0 aromatic heterocycles. The van der Waals surface area contributed by atoms with E-state index in [0.717, 1.165) is 5.56 Å². The highest BCUT2D eigenvalue weighted by Gasteiger charge is 2.37. The van der Waals surface area contributed by atoms with E-state index in [1.165, 1.54) is 0 Å². The summed E-state index contributed by atoms with van der Waals surface area (Å²) in [5, 5.41) is 10.4. The Morgan fingerprint density at radius 3 is 2.18 bits per heavy atom. The Labute approximate surface area is 231 Å². The maximum Gasteiger partial charge on any atom is 0.408 e. The molecule has 212 valence electrons. The molecule has 1 aromatic rings. The van der Waals surface area contributed by atoms with Crippen molar-refractivity contribution in [2.75, 3.05) is 6.54 Å². The molecule has 38 heavy (non-hydrogen) atoms. The van der Waals surface area contributed by atoms with Crippen molar-refractivity contribution in [3.05, 3.63) is 35.9 Å². The number of nitrogens with one attached hydrogen (secondary N) is 4. The first-order valence-corrected chi connectivity index (χ1v) is 13.4. The quantitative estimate of drug-likeness (QED) is 0.194. The number of thiol groups is 1. The van der Waals surface area contributed by atoms with Crippen LogP contribution in [0.15, 0.2) is 30.3 Å². The summed E-state index contributed by atoms with van der Waals surface area (Å²) in [6, 6.07) is 6.73. The lowest BCUT2D eigenvalue weighted by Crippen LogP contribution is -2.60. The first kappa shape index (κ1) is 31.4. The van der Waals surface area contributed by atoms with Crippen LogP contribution in [0.2, 0.25) is 0 Å². The molecule has 2 rings (SSSR count). The van der Waals surface area contributed by atoms with Crippen LogP contribution < -0.4 is 27.0 Å². The minimum Gasteiger partial charge on any atom is -0.444 e. The van der Waals surface area contributed by atoms with Crippen LogP contribution in [0.25, 0.3) is 0 Å². The van der Waals surface area contributed by atoms with Crippen LogP contribution in [0.3, 0.4) is 0 Å². The fourth-order valence-electron chi connectivity index (χ4n) is 4.16. The molecule has 5 atom stereocenters. The van der Waals surface area contributed by atoms with E-state index >= 15 is 0 Å². The second kappa shape index (κ2) is 13.3. The van der Waals surface area contributed by atoms with Crippen LogP contribution in [0.1, 0.15) is 59.9 Å². The molecule has 1 aromatic carbocycles. The first-order valence-electron chi connectivity index (χ1n) is 12.9. The van der Waals surface area contributed by atoms with Gasteiger partial charge in [0, 0.05) is 18.9 Å². The van der Waals surface area contributed by atoms with E-state index in [1.807, 2.05) is 51.1 Å². The second-order valence-electron chi connectivity index (χ2n) is 11.8. The van der Waals surface area contributed by atoms with E-state index in [-0.39, 0.29) is 18.2 Å². The van der Waals surface area contributed by atoms with E-state index in [1.54, 1.807) is 20.8 Å². The third-order valence-electron chi connectivity index (χ3n) is 6.15. The zero-order valence-electron chi connectivity index (χ0n) is 23.2. The maximum atomic E-state index is 13.5. The normalized spacial score (nSPS) is 18.9. The summed E-state index contributed by atoms with van der Waals surface area (Å²) in [7, 11) is 0. The van der Waals surface area contributed by atoms with Gasteiger partial charge in [0.1, 0.15) is 17.7 Å². The molecule has 0 unspecified atom stereocenters. The van der Waals surface area contributed by atoms with Crippen molar-refractivity contribution < 1.29 is 23.9 Å². The minimum atomic E-state index is -0.978. The molecule has 0 saturated carbocycles. The van der Waals surface area contributed by atoms with Crippen molar-refractivity contribution in [1.29, 1.82) is 0 Å². The molecular formula is C27H43N5O5S. The third-order valence-corrected chi connectivity index (χ3v) is 6.51. The third kappa shape index (κ3) is 10.2. The molecule has 10 nitrogen and oxygen atoms in total. The molecular weight excluding hydrogens is 506 g/mol. The molecule has 1 aliphatic rings. The molecule has 0 aliphatic carbocycles. The van der Waals surface area contributed by atoms with E-state index in [9.17, 15) is 19.2 Å². The highest BCUT2D eigenvalue weighted by molar-refractivity contribution is 7.80. The highest BCUT2D eigenvalue weighted by atomic mass is 32.1. The number of nitrogens with two attached hydrogens (primary N) is 1. The van der Waals surface area contributed by atoms with Gasteiger partial charge in [0.25, 0.3) is 0 Å². The predicted octanol–water partition coefficient (Wildman–Crippen LogP) is 1.88. The van der Waals surface area contributed by atoms with Crippen LogP contribution in [-0.2, 0) is 25.5 Å². The lowest BCUT2D eigenvalue weighted by Gasteiger charge is -2.33. The predicted molar refractivity (Wildman–Crippen MR) is 149 cm³/mol. The summed E-state index contributed by atoms with van der Waals surface area (Å²) in [4.78, 5) is 51.6. The van der Waals surface area contributed by atoms with Gasteiger partial charge in [-0.1, -0.05) is 51.1 Å². The van der Waals surface area contributed by atoms with Gasteiger partial charge in [-0.05, 0) is 44.6 Å². The van der Waals surface area contributed by atoms with Crippen LogP contribution in [0.5, 0.6) is 0 Å². The van der Waals surface area contributed by atoms with Crippen LogP contribution in [0, 0.1) is 11.3 Å². The van der Waals surface area contributed by atoms with Crippen LogP contribution >= 0.6 is 12.6 Å². The number of carbonyl (C=O) groups is 4. The standard InChI is InChI=1S/C27H43N5O5S/c1-26(2,3)20(32-25(36)37-27(4,5)6)24(35)31-19(14-16-10-8-7-9-11-16)23(34)30-18(21(28)38)15-17-12-13-29-22(17)33/h7-11,17-21,38H,12-15,28H2,1-6H3,(H,29,33)(H,30,34)(H,31,35)(H,32,36)/t17-,18-,19-,20+,21-/m0/s1. The molecule has 1 aliphatic heterocycles. The fourth-order valence-corrected chi connectivity index (χ4v) is 4.35. The Hall–Kier alpha value is -2.79. The van der Waals surface area contributed by atoms with Crippen molar-refractivity contribution in [1.82, 2.24) is 21.3 Å². The molecule has 6 N–H and O–H groups in total. The van der Waals surface area contributed by atoms with Crippen molar-refractivity contribution in [3.63, 3.8) is 0 Å². The minimum absolute atomic E-state index is 0.0754. The van der Waals surface area contributed by atoms with Gasteiger partial charge in [0.05, 0.1) is 11.4 Å².